The summed E-state index contributed by atoms with van der Waals surface area (Å²) in [7, 11) is 0. The number of benzene rings is 1. The molecule has 0 amide bonds. The van der Waals surface area contributed by atoms with Crippen LogP contribution in [0.5, 0.6) is 0 Å². The summed E-state index contributed by atoms with van der Waals surface area (Å²) < 4.78 is 37.2. The molecule has 2 N–H and O–H groups in total. The van der Waals surface area contributed by atoms with Crippen LogP contribution in [0.15, 0.2) is 30.3 Å². The molecule has 0 bridgehead atoms. The third-order valence-corrected chi connectivity index (χ3v) is 1.92. The van der Waals surface area contributed by atoms with Gasteiger partial charge in [-0.1, -0.05) is 30.3 Å². The fourth-order valence-corrected chi connectivity index (χ4v) is 1.01. The molecule has 0 heterocycles. The maximum Gasteiger partial charge on any atom is 0.262 e. The van der Waals surface area contributed by atoms with Crippen LogP contribution in [-0.4, -0.2) is 13.1 Å². The van der Waals surface area contributed by atoms with Crippen molar-refractivity contribution < 1.29 is 13.2 Å². The predicted molar refractivity (Wildman–Crippen MR) is 44.3 cm³/mol. The Hall–Kier alpha value is -1.03. The number of nitrogens with two attached hydrogens (primary N) is 1. The molecule has 0 aliphatic rings. The van der Waals surface area contributed by atoms with E-state index < -0.39 is 18.6 Å². The Bertz CT molecular complexity index is 263. The Kier molecular flexibility index (Phi) is 2.93. The van der Waals surface area contributed by atoms with Crippen LogP contribution in [0.2, 0.25) is 0 Å². The monoisotopic (exact) mass is 189 g/mol. The minimum atomic E-state index is -2.90. The van der Waals surface area contributed by atoms with E-state index >= 15 is 0 Å². The first kappa shape index (κ1) is 10.1. The van der Waals surface area contributed by atoms with Crippen LogP contribution in [0, 0.1) is 0 Å². The molecule has 1 aromatic rings. The zero-order chi connectivity index (χ0) is 9.90. The van der Waals surface area contributed by atoms with Gasteiger partial charge in [0.2, 0.25) is 0 Å². The van der Waals surface area contributed by atoms with Gasteiger partial charge in [-0.15, -0.1) is 0 Å². The summed E-state index contributed by atoms with van der Waals surface area (Å²) in [5.41, 5.74) is 3.19. The smallest absolute Gasteiger partial charge is 0.262 e. The van der Waals surface area contributed by atoms with Crippen LogP contribution in [0.3, 0.4) is 0 Å². The van der Waals surface area contributed by atoms with Gasteiger partial charge in [0, 0.05) is 0 Å². The molecule has 1 atom stereocenters. The van der Waals surface area contributed by atoms with E-state index in [1.165, 1.54) is 12.1 Å². The lowest BCUT2D eigenvalue weighted by Gasteiger charge is -2.25. The maximum absolute atomic E-state index is 12.4. The summed E-state index contributed by atoms with van der Waals surface area (Å²) in [6.07, 6.45) is -2.90. The molecule has 0 aliphatic carbocycles. The van der Waals surface area contributed by atoms with Crippen LogP contribution in [0.1, 0.15) is 5.56 Å². The Morgan fingerprint density at radius 1 is 1.23 bits per heavy atom. The van der Waals surface area contributed by atoms with Crippen molar-refractivity contribution in [2.45, 2.75) is 12.0 Å². The summed E-state index contributed by atoms with van der Waals surface area (Å²) in [5, 5.41) is 0. The van der Waals surface area contributed by atoms with E-state index in [0.717, 1.165) is 0 Å². The van der Waals surface area contributed by atoms with Gasteiger partial charge in [-0.3, -0.25) is 0 Å². The maximum atomic E-state index is 12.4. The van der Waals surface area contributed by atoms with Gasteiger partial charge in [0.15, 0.2) is 0 Å². The van der Waals surface area contributed by atoms with Crippen LogP contribution >= 0.6 is 0 Å². The molecule has 1 rings (SSSR count). The second kappa shape index (κ2) is 3.79. The van der Waals surface area contributed by atoms with Crippen LogP contribution < -0.4 is 5.73 Å². The van der Waals surface area contributed by atoms with Crippen molar-refractivity contribution in [2.24, 2.45) is 5.73 Å². The number of alkyl halides is 3. The van der Waals surface area contributed by atoms with E-state index in [0.29, 0.717) is 0 Å². The first-order valence-corrected chi connectivity index (χ1v) is 3.80. The topological polar surface area (TPSA) is 26.0 Å². The first-order chi connectivity index (χ1) is 6.11. The third-order valence-electron chi connectivity index (χ3n) is 1.92. The molecule has 0 saturated carbocycles. The van der Waals surface area contributed by atoms with E-state index in [1.54, 1.807) is 18.2 Å². The fraction of sp³-hybridized carbons (Fsp3) is 0.333. The first-order valence-electron chi connectivity index (χ1n) is 3.80. The van der Waals surface area contributed by atoms with E-state index in [4.69, 9.17) is 5.73 Å². The number of hydrogen-bond acceptors (Lipinski definition) is 1. The van der Waals surface area contributed by atoms with Crippen molar-refractivity contribution in [3.05, 3.63) is 35.9 Å². The summed E-state index contributed by atoms with van der Waals surface area (Å²) >= 11 is 0. The Labute approximate surface area is 74.4 Å². The third kappa shape index (κ3) is 1.83. The van der Waals surface area contributed by atoms with E-state index in [2.05, 4.69) is 0 Å². The molecule has 0 spiro atoms. The van der Waals surface area contributed by atoms with Gasteiger partial charge in [-0.25, -0.2) is 13.2 Å². The second-order valence-electron chi connectivity index (χ2n) is 2.84. The van der Waals surface area contributed by atoms with Gasteiger partial charge in [0.05, 0.1) is 0 Å². The molecule has 0 aromatic heterocycles. The summed E-state index contributed by atoms with van der Waals surface area (Å²) in [6.45, 7) is -1.27. The molecule has 0 fully saturated rings. The average Bonchev–Trinajstić information content (AvgIpc) is 2.17. The molecule has 0 radical (unpaired) electrons. The standard InChI is InChI=1S/C9H10F3N/c10-6-9(13,8(11)12)7-4-2-1-3-5-7/h1-5,8H,6,13H2. The molecule has 4 heteroatoms. The predicted octanol–water partition coefficient (Wildman–Crippen LogP) is 2.08. The zero-order valence-corrected chi connectivity index (χ0v) is 6.88. The lowest BCUT2D eigenvalue weighted by molar-refractivity contribution is 0.0365. The Morgan fingerprint density at radius 2 is 1.77 bits per heavy atom. The van der Waals surface area contributed by atoms with Gasteiger partial charge in [-0.05, 0) is 5.56 Å². The molecule has 1 unspecified atom stereocenters. The average molecular weight is 189 g/mol. The minimum absolute atomic E-state index is 0.118. The highest BCUT2D eigenvalue weighted by atomic mass is 19.3. The van der Waals surface area contributed by atoms with E-state index in [9.17, 15) is 13.2 Å². The quantitative estimate of drug-likeness (QED) is 0.773. The van der Waals surface area contributed by atoms with Crippen molar-refractivity contribution in [1.29, 1.82) is 0 Å². The summed E-state index contributed by atoms with van der Waals surface area (Å²) in [5.74, 6) is 0. The Balaban J connectivity index is 3.03. The molecule has 72 valence electrons. The Morgan fingerprint density at radius 3 is 2.15 bits per heavy atom. The lowest BCUT2D eigenvalue weighted by atomic mass is 9.93. The highest BCUT2D eigenvalue weighted by molar-refractivity contribution is 5.24. The summed E-state index contributed by atoms with van der Waals surface area (Å²) in [4.78, 5) is 0. The molecule has 1 nitrogen and oxygen atoms in total. The lowest BCUT2D eigenvalue weighted by Crippen LogP contribution is -2.46. The van der Waals surface area contributed by atoms with Crippen molar-refractivity contribution in [1.82, 2.24) is 0 Å². The molecular weight excluding hydrogens is 179 g/mol. The zero-order valence-electron chi connectivity index (χ0n) is 6.88. The number of rotatable bonds is 3. The van der Waals surface area contributed by atoms with E-state index in [-0.39, 0.29) is 5.56 Å². The molecule has 0 aliphatic heterocycles. The van der Waals surface area contributed by atoms with E-state index in [1.807, 2.05) is 0 Å². The van der Waals surface area contributed by atoms with Gasteiger partial charge in [0.1, 0.15) is 12.2 Å². The largest absolute Gasteiger partial charge is 0.314 e. The van der Waals surface area contributed by atoms with Crippen molar-refractivity contribution >= 4 is 0 Å². The fourth-order valence-electron chi connectivity index (χ4n) is 1.01. The van der Waals surface area contributed by atoms with Gasteiger partial charge < -0.3 is 5.73 Å². The van der Waals surface area contributed by atoms with Crippen molar-refractivity contribution in [3.63, 3.8) is 0 Å². The van der Waals surface area contributed by atoms with Gasteiger partial charge in [0.25, 0.3) is 6.43 Å². The van der Waals surface area contributed by atoms with Crippen molar-refractivity contribution in [2.75, 3.05) is 6.67 Å². The summed E-state index contributed by atoms with van der Waals surface area (Å²) in [6, 6.07) is 7.55. The highest BCUT2D eigenvalue weighted by Crippen LogP contribution is 2.25. The highest BCUT2D eigenvalue weighted by Gasteiger charge is 2.37. The normalized spacial score (nSPS) is 15.8. The number of hydrogen-bond donors (Lipinski definition) is 1. The van der Waals surface area contributed by atoms with Crippen LogP contribution in [0.4, 0.5) is 13.2 Å². The van der Waals surface area contributed by atoms with Crippen molar-refractivity contribution in [3.8, 4) is 0 Å². The molecular formula is C9H10F3N. The SMILES string of the molecule is NC(CF)(c1ccccc1)C(F)F. The second-order valence-corrected chi connectivity index (χ2v) is 2.84. The van der Waals surface area contributed by atoms with Crippen LogP contribution in [-0.2, 0) is 5.54 Å². The van der Waals surface area contributed by atoms with Gasteiger partial charge in [-0.2, -0.15) is 0 Å². The van der Waals surface area contributed by atoms with Crippen LogP contribution in [0.25, 0.3) is 0 Å². The minimum Gasteiger partial charge on any atom is -0.314 e. The molecule has 1 aromatic carbocycles. The molecule has 0 saturated heterocycles. The van der Waals surface area contributed by atoms with Gasteiger partial charge >= 0.3 is 0 Å². The molecule has 13 heavy (non-hydrogen) atoms. The number of halogens is 3.